The Labute approximate surface area is 240 Å². The molecular weight excluding hydrogens is 549 g/mol. The van der Waals surface area contributed by atoms with E-state index >= 15 is 0 Å². The Morgan fingerprint density at radius 3 is 2.07 bits per heavy atom. The third-order valence-corrected chi connectivity index (χ3v) is 8.38. The summed E-state index contributed by atoms with van der Waals surface area (Å²) in [7, 11) is -0.000669. The van der Waals surface area contributed by atoms with Gasteiger partial charge in [0.1, 0.15) is 18.4 Å². The van der Waals surface area contributed by atoms with Gasteiger partial charge < -0.3 is 19.7 Å². The Bertz CT molecular complexity index is 1470. The molecule has 0 heterocycles. The summed E-state index contributed by atoms with van der Waals surface area (Å²) in [6, 6.07) is 14.1. The number of halogens is 1. The van der Waals surface area contributed by atoms with Gasteiger partial charge in [-0.3, -0.25) is 13.9 Å². The molecule has 0 spiro atoms. The smallest absolute Gasteiger partial charge is 0.264 e. The second-order valence-electron chi connectivity index (χ2n) is 9.56. The molecule has 0 aromatic heterocycles. The first-order valence-electron chi connectivity index (χ1n) is 13.0. The average molecular weight is 586 g/mol. The lowest BCUT2D eigenvalue weighted by Gasteiger charge is -2.33. The SMILES string of the molecule is CC[C@@H](C(=O)NC)N(Cc1ccc(F)cc1)C(=O)CN(c1cc(C)cc(C)c1)S(=O)(=O)c1ccc(OC)c(OC)c1. The van der Waals surface area contributed by atoms with Gasteiger partial charge in [-0.1, -0.05) is 25.1 Å². The van der Waals surface area contributed by atoms with Crippen molar-refractivity contribution < 1.29 is 31.9 Å². The average Bonchev–Trinajstić information content (AvgIpc) is 2.95. The van der Waals surface area contributed by atoms with Gasteiger partial charge in [-0.15, -0.1) is 0 Å². The molecule has 0 aliphatic heterocycles. The minimum atomic E-state index is -4.31. The summed E-state index contributed by atoms with van der Waals surface area (Å²) in [5, 5.41) is 2.58. The van der Waals surface area contributed by atoms with E-state index in [2.05, 4.69) is 5.32 Å². The van der Waals surface area contributed by atoms with E-state index in [1.807, 2.05) is 19.9 Å². The van der Waals surface area contributed by atoms with Crippen molar-refractivity contribution in [3.8, 4) is 11.5 Å². The molecular formula is C30H36FN3O6S. The van der Waals surface area contributed by atoms with E-state index in [9.17, 15) is 22.4 Å². The molecule has 9 nitrogen and oxygen atoms in total. The molecule has 0 fully saturated rings. The monoisotopic (exact) mass is 585 g/mol. The van der Waals surface area contributed by atoms with Crippen molar-refractivity contribution in [2.75, 3.05) is 32.1 Å². The number of methoxy groups -OCH3 is 2. The Morgan fingerprint density at radius 1 is 0.927 bits per heavy atom. The maximum atomic E-state index is 14.1. The molecule has 1 atom stereocenters. The molecule has 0 aliphatic rings. The van der Waals surface area contributed by atoms with Crippen LogP contribution in [-0.4, -0.2) is 59.0 Å². The van der Waals surface area contributed by atoms with Crippen LogP contribution in [0.1, 0.15) is 30.0 Å². The molecule has 11 heteroatoms. The predicted molar refractivity (Wildman–Crippen MR) is 155 cm³/mol. The Hall–Kier alpha value is -4.12. The van der Waals surface area contributed by atoms with Gasteiger partial charge in [0.05, 0.1) is 24.8 Å². The van der Waals surface area contributed by atoms with Crippen LogP contribution in [0, 0.1) is 19.7 Å². The highest BCUT2D eigenvalue weighted by Gasteiger charge is 2.34. The van der Waals surface area contributed by atoms with Crippen LogP contribution < -0.4 is 19.1 Å². The van der Waals surface area contributed by atoms with Crippen LogP contribution in [0.25, 0.3) is 0 Å². The van der Waals surface area contributed by atoms with Crippen LogP contribution in [0.3, 0.4) is 0 Å². The number of nitrogens with one attached hydrogen (secondary N) is 1. The molecule has 0 bridgehead atoms. The van der Waals surface area contributed by atoms with Crippen LogP contribution in [0.2, 0.25) is 0 Å². The number of hydrogen-bond acceptors (Lipinski definition) is 6. The zero-order valence-corrected chi connectivity index (χ0v) is 24.9. The molecule has 3 aromatic carbocycles. The van der Waals surface area contributed by atoms with Crippen molar-refractivity contribution in [3.63, 3.8) is 0 Å². The van der Waals surface area contributed by atoms with Crippen LogP contribution in [-0.2, 0) is 26.2 Å². The van der Waals surface area contributed by atoms with Gasteiger partial charge in [0.2, 0.25) is 11.8 Å². The van der Waals surface area contributed by atoms with Crippen LogP contribution in [0.15, 0.2) is 65.6 Å². The summed E-state index contributed by atoms with van der Waals surface area (Å²) < 4.78 is 53.5. The Balaban J connectivity index is 2.13. The molecule has 2 amide bonds. The second kappa shape index (κ2) is 13.5. The van der Waals surface area contributed by atoms with Crippen molar-refractivity contribution in [3.05, 3.63) is 83.2 Å². The predicted octanol–water partition coefficient (Wildman–Crippen LogP) is 4.21. The van der Waals surface area contributed by atoms with Crippen molar-refractivity contribution in [1.82, 2.24) is 10.2 Å². The van der Waals surface area contributed by atoms with Gasteiger partial charge >= 0.3 is 0 Å². The highest BCUT2D eigenvalue weighted by molar-refractivity contribution is 7.92. The quantitative estimate of drug-likeness (QED) is 0.342. The molecule has 220 valence electrons. The number of carbonyl (C=O) groups is 2. The summed E-state index contributed by atoms with van der Waals surface area (Å²) in [6.45, 7) is 4.81. The third kappa shape index (κ3) is 7.35. The lowest BCUT2D eigenvalue weighted by Crippen LogP contribution is -2.51. The van der Waals surface area contributed by atoms with E-state index in [1.165, 1.54) is 68.6 Å². The second-order valence-corrected chi connectivity index (χ2v) is 11.4. The number of sulfonamides is 1. The zero-order valence-electron chi connectivity index (χ0n) is 24.1. The van der Waals surface area contributed by atoms with E-state index in [0.29, 0.717) is 17.0 Å². The first-order valence-corrected chi connectivity index (χ1v) is 14.5. The number of benzene rings is 3. The third-order valence-electron chi connectivity index (χ3n) is 6.61. The summed E-state index contributed by atoms with van der Waals surface area (Å²) in [6.07, 6.45) is 0.276. The number of anilines is 1. The van der Waals surface area contributed by atoms with Crippen LogP contribution in [0.4, 0.5) is 10.1 Å². The number of rotatable bonds is 12. The normalized spacial score (nSPS) is 11.9. The van der Waals surface area contributed by atoms with Crippen LogP contribution in [0.5, 0.6) is 11.5 Å². The van der Waals surface area contributed by atoms with E-state index in [0.717, 1.165) is 15.4 Å². The highest BCUT2D eigenvalue weighted by Crippen LogP contribution is 2.33. The summed E-state index contributed by atoms with van der Waals surface area (Å²) >= 11 is 0. The van der Waals surface area contributed by atoms with E-state index < -0.39 is 40.2 Å². The number of amides is 2. The Kier molecular flexibility index (Phi) is 10.3. The highest BCUT2D eigenvalue weighted by atomic mass is 32.2. The number of ether oxygens (including phenoxy) is 2. The van der Waals surface area contributed by atoms with Crippen molar-refractivity contribution in [2.24, 2.45) is 0 Å². The lowest BCUT2D eigenvalue weighted by molar-refractivity contribution is -0.140. The van der Waals surface area contributed by atoms with E-state index in [4.69, 9.17) is 9.47 Å². The first kappa shape index (κ1) is 31.4. The lowest BCUT2D eigenvalue weighted by atomic mass is 10.1. The summed E-state index contributed by atoms with van der Waals surface area (Å²) in [5.41, 5.74) is 2.49. The van der Waals surface area contributed by atoms with E-state index in [-0.39, 0.29) is 23.6 Å². The van der Waals surface area contributed by atoms with Gasteiger partial charge in [-0.2, -0.15) is 0 Å². The fraction of sp³-hybridized carbons (Fsp3) is 0.333. The molecule has 0 saturated heterocycles. The fourth-order valence-electron chi connectivity index (χ4n) is 4.60. The molecule has 0 unspecified atom stereocenters. The topological polar surface area (TPSA) is 105 Å². The van der Waals surface area contributed by atoms with Crippen LogP contribution >= 0.6 is 0 Å². The van der Waals surface area contributed by atoms with Gasteiger partial charge in [0.25, 0.3) is 10.0 Å². The molecule has 0 radical (unpaired) electrons. The van der Waals surface area contributed by atoms with Gasteiger partial charge in [0.15, 0.2) is 11.5 Å². The van der Waals surface area contributed by atoms with Gasteiger partial charge in [-0.25, -0.2) is 12.8 Å². The van der Waals surface area contributed by atoms with Gasteiger partial charge in [0, 0.05) is 19.7 Å². The molecule has 3 rings (SSSR count). The summed E-state index contributed by atoms with van der Waals surface area (Å²) in [4.78, 5) is 28.0. The summed E-state index contributed by atoms with van der Waals surface area (Å²) in [5.74, 6) is -0.880. The zero-order chi connectivity index (χ0) is 30.3. The van der Waals surface area contributed by atoms with Gasteiger partial charge in [-0.05, 0) is 73.4 Å². The fourth-order valence-corrected chi connectivity index (χ4v) is 6.01. The first-order chi connectivity index (χ1) is 19.4. The molecule has 41 heavy (non-hydrogen) atoms. The van der Waals surface area contributed by atoms with E-state index in [1.54, 1.807) is 19.1 Å². The minimum Gasteiger partial charge on any atom is -0.493 e. The number of nitrogens with zero attached hydrogens (tertiary/aromatic N) is 2. The maximum absolute atomic E-state index is 14.1. The number of hydrogen-bond donors (Lipinski definition) is 1. The number of aryl methyl sites for hydroxylation is 2. The molecule has 3 aromatic rings. The molecule has 0 saturated carbocycles. The number of likely N-dealkylation sites (N-methyl/N-ethyl adjacent to an activating group) is 1. The minimum absolute atomic E-state index is 0.0257. The Morgan fingerprint density at radius 2 is 1.54 bits per heavy atom. The number of carbonyl (C=O) groups excluding carboxylic acids is 2. The molecule has 0 aliphatic carbocycles. The molecule has 1 N–H and O–H groups in total. The van der Waals surface area contributed by atoms with Crippen molar-refractivity contribution >= 4 is 27.5 Å². The van der Waals surface area contributed by atoms with Crippen molar-refractivity contribution in [1.29, 1.82) is 0 Å². The van der Waals surface area contributed by atoms with Crippen molar-refractivity contribution in [2.45, 2.75) is 44.7 Å². The largest absolute Gasteiger partial charge is 0.493 e. The standard InChI is InChI=1S/C30H36FN3O6S/c1-7-26(30(36)32-4)33(18-22-8-10-23(31)11-9-22)29(35)19-34(24-15-20(2)14-21(3)16-24)41(37,38)25-12-13-27(39-5)28(17-25)40-6/h8-17,26H,7,18-19H2,1-6H3,(H,32,36)/t26-/m0/s1. The maximum Gasteiger partial charge on any atom is 0.264 e.